The molecule has 2 saturated heterocycles. The van der Waals surface area contributed by atoms with Crippen LogP contribution in [0.15, 0.2) is 12.3 Å². The summed E-state index contributed by atoms with van der Waals surface area (Å²) in [6.07, 6.45) is 3.74. The van der Waals surface area contributed by atoms with Gasteiger partial charge in [-0.1, -0.05) is 0 Å². The number of piperazine rings is 1. The molecule has 108 valence electrons. The summed E-state index contributed by atoms with van der Waals surface area (Å²) in [6.45, 7) is 6.19. The first-order valence-corrected chi connectivity index (χ1v) is 7.31. The highest BCUT2D eigenvalue weighted by Gasteiger charge is 2.34. The molecule has 1 aromatic rings. The quantitative estimate of drug-likeness (QED) is 0.834. The first kappa shape index (κ1) is 13.3. The fourth-order valence-electron chi connectivity index (χ4n) is 3.00. The molecule has 2 fully saturated rings. The second-order valence-corrected chi connectivity index (χ2v) is 5.39. The van der Waals surface area contributed by atoms with Crippen molar-refractivity contribution in [1.29, 1.82) is 0 Å². The number of carbonyl (C=O) groups is 1. The molecule has 0 aromatic carbocycles. The predicted molar refractivity (Wildman–Crippen MR) is 76.6 cm³/mol. The Morgan fingerprint density at radius 2 is 2.15 bits per heavy atom. The Morgan fingerprint density at radius 1 is 1.35 bits per heavy atom. The molecule has 0 radical (unpaired) electrons. The van der Waals surface area contributed by atoms with Crippen molar-refractivity contribution in [3.05, 3.63) is 18.1 Å². The van der Waals surface area contributed by atoms with Gasteiger partial charge in [-0.2, -0.15) is 0 Å². The Morgan fingerprint density at radius 3 is 2.90 bits per heavy atom. The third-order valence-corrected chi connectivity index (χ3v) is 4.02. The second kappa shape index (κ2) is 5.75. The number of hydrogen-bond donors (Lipinski definition) is 1. The fraction of sp³-hybridized carbons (Fsp3) is 0.643. The largest absolute Gasteiger partial charge is 0.344 e. The molecule has 1 unspecified atom stereocenters. The van der Waals surface area contributed by atoms with Gasteiger partial charge in [0.15, 0.2) is 0 Å². The lowest BCUT2D eigenvalue weighted by molar-refractivity contribution is -0.133. The van der Waals surface area contributed by atoms with Crippen LogP contribution in [-0.4, -0.2) is 59.5 Å². The summed E-state index contributed by atoms with van der Waals surface area (Å²) in [5.41, 5.74) is 0. The molecule has 1 N–H and O–H groups in total. The van der Waals surface area contributed by atoms with Crippen molar-refractivity contribution >= 4 is 11.7 Å². The zero-order valence-corrected chi connectivity index (χ0v) is 11.9. The van der Waals surface area contributed by atoms with Crippen LogP contribution in [0.4, 0.5) is 5.82 Å². The molecule has 2 aliphatic rings. The van der Waals surface area contributed by atoms with Crippen molar-refractivity contribution in [2.75, 3.05) is 37.6 Å². The molecule has 0 spiro atoms. The third kappa shape index (κ3) is 2.60. The number of nitrogens with zero attached hydrogens (tertiary/aromatic N) is 4. The van der Waals surface area contributed by atoms with Gasteiger partial charge in [0.2, 0.25) is 5.91 Å². The van der Waals surface area contributed by atoms with Crippen molar-refractivity contribution in [1.82, 2.24) is 20.2 Å². The predicted octanol–water partition coefficient (Wildman–Crippen LogP) is 0.186. The van der Waals surface area contributed by atoms with Gasteiger partial charge in [-0.3, -0.25) is 4.79 Å². The Hall–Kier alpha value is -1.69. The first-order valence-electron chi connectivity index (χ1n) is 7.31. The van der Waals surface area contributed by atoms with E-state index in [1.807, 2.05) is 17.9 Å². The van der Waals surface area contributed by atoms with Crippen molar-refractivity contribution in [3.8, 4) is 0 Å². The molecule has 1 amide bonds. The van der Waals surface area contributed by atoms with Crippen molar-refractivity contribution in [3.63, 3.8) is 0 Å². The average molecular weight is 275 g/mol. The molecule has 1 atom stereocenters. The van der Waals surface area contributed by atoms with E-state index in [0.29, 0.717) is 0 Å². The number of hydrogen-bond acceptors (Lipinski definition) is 5. The maximum atomic E-state index is 12.7. The second-order valence-electron chi connectivity index (χ2n) is 5.39. The van der Waals surface area contributed by atoms with E-state index < -0.39 is 0 Å². The van der Waals surface area contributed by atoms with Gasteiger partial charge in [0.25, 0.3) is 0 Å². The summed E-state index contributed by atoms with van der Waals surface area (Å²) >= 11 is 0. The molecule has 0 saturated carbocycles. The van der Waals surface area contributed by atoms with Crippen molar-refractivity contribution < 1.29 is 4.79 Å². The minimum Gasteiger partial charge on any atom is -0.344 e. The van der Waals surface area contributed by atoms with Gasteiger partial charge in [0.1, 0.15) is 17.7 Å². The zero-order chi connectivity index (χ0) is 13.9. The summed E-state index contributed by atoms with van der Waals surface area (Å²) in [4.78, 5) is 25.4. The van der Waals surface area contributed by atoms with E-state index in [9.17, 15) is 4.79 Å². The van der Waals surface area contributed by atoms with Gasteiger partial charge in [0.05, 0.1) is 0 Å². The highest BCUT2D eigenvalue weighted by Crippen LogP contribution is 2.25. The zero-order valence-electron chi connectivity index (χ0n) is 11.9. The molecule has 3 heterocycles. The lowest BCUT2D eigenvalue weighted by atomic mass is 10.1. The summed E-state index contributed by atoms with van der Waals surface area (Å²) in [6, 6.07) is 1.85. The molecule has 0 bridgehead atoms. The van der Waals surface area contributed by atoms with Crippen LogP contribution in [0.2, 0.25) is 0 Å². The van der Waals surface area contributed by atoms with Gasteiger partial charge in [-0.25, -0.2) is 9.97 Å². The van der Waals surface area contributed by atoms with E-state index in [0.717, 1.165) is 57.2 Å². The van der Waals surface area contributed by atoms with Crippen LogP contribution >= 0.6 is 0 Å². The molecule has 0 aliphatic carbocycles. The number of amides is 1. The van der Waals surface area contributed by atoms with Crippen LogP contribution in [0.3, 0.4) is 0 Å². The number of aryl methyl sites for hydroxylation is 1. The Bertz CT molecular complexity index is 486. The van der Waals surface area contributed by atoms with Crippen LogP contribution in [0.1, 0.15) is 18.7 Å². The van der Waals surface area contributed by atoms with Crippen LogP contribution in [0.5, 0.6) is 0 Å². The van der Waals surface area contributed by atoms with Crippen LogP contribution < -0.4 is 10.2 Å². The summed E-state index contributed by atoms with van der Waals surface area (Å²) in [7, 11) is 0. The molecule has 20 heavy (non-hydrogen) atoms. The molecule has 6 heteroatoms. The first-order chi connectivity index (χ1) is 9.75. The molecular formula is C14H21N5O. The maximum Gasteiger partial charge on any atom is 0.245 e. The summed E-state index contributed by atoms with van der Waals surface area (Å²) in [5.74, 6) is 1.88. The van der Waals surface area contributed by atoms with Crippen LogP contribution in [-0.2, 0) is 4.79 Å². The number of anilines is 1. The van der Waals surface area contributed by atoms with E-state index >= 15 is 0 Å². The summed E-state index contributed by atoms with van der Waals surface area (Å²) in [5, 5.41) is 3.28. The standard InChI is InChI=1S/C14H21N5O/c1-11-16-5-4-13(17-11)19-8-2-3-12(19)14(20)18-9-6-15-7-10-18/h4-5,12,15H,2-3,6-10H2,1H3. The molecular weight excluding hydrogens is 254 g/mol. The molecule has 3 rings (SSSR count). The van der Waals surface area contributed by atoms with Crippen LogP contribution in [0.25, 0.3) is 0 Å². The number of rotatable bonds is 2. The van der Waals surface area contributed by atoms with E-state index in [4.69, 9.17) is 0 Å². The number of carbonyl (C=O) groups excluding carboxylic acids is 1. The van der Waals surface area contributed by atoms with Crippen LogP contribution in [0, 0.1) is 6.92 Å². The van der Waals surface area contributed by atoms with E-state index in [1.165, 1.54) is 0 Å². The minimum absolute atomic E-state index is 0.0533. The van der Waals surface area contributed by atoms with Crippen molar-refractivity contribution in [2.45, 2.75) is 25.8 Å². The Kier molecular flexibility index (Phi) is 3.82. The highest BCUT2D eigenvalue weighted by atomic mass is 16.2. The minimum atomic E-state index is -0.0533. The topological polar surface area (TPSA) is 61.4 Å². The normalized spacial score (nSPS) is 23.1. The van der Waals surface area contributed by atoms with Gasteiger partial charge in [-0.05, 0) is 25.8 Å². The molecule has 6 nitrogen and oxygen atoms in total. The lowest BCUT2D eigenvalue weighted by Gasteiger charge is -2.33. The smallest absolute Gasteiger partial charge is 0.245 e. The Labute approximate surface area is 119 Å². The Balaban J connectivity index is 1.76. The average Bonchev–Trinajstić information content (AvgIpc) is 2.97. The number of nitrogens with one attached hydrogen (secondary N) is 1. The van der Waals surface area contributed by atoms with Gasteiger partial charge < -0.3 is 15.1 Å². The van der Waals surface area contributed by atoms with Gasteiger partial charge >= 0.3 is 0 Å². The van der Waals surface area contributed by atoms with E-state index in [-0.39, 0.29) is 11.9 Å². The number of aromatic nitrogens is 2. The van der Waals surface area contributed by atoms with E-state index in [2.05, 4.69) is 20.2 Å². The van der Waals surface area contributed by atoms with Crippen molar-refractivity contribution in [2.24, 2.45) is 0 Å². The maximum absolute atomic E-state index is 12.7. The summed E-state index contributed by atoms with van der Waals surface area (Å²) < 4.78 is 0. The van der Waals surface area contributed by atoms with E-state index in [1.54, 1.807) is 6.20 Å². The fourth-order valence-corrected chi connectivity index (χ4v) is 3.00. The molecule has 2 aliphatic heterocycles. The lowest BCUT2D eigenvalue weighted by Crippen LogP contribution is -2.52. The van der Waals surface area contributed by atoms with Gasteiger partial charge in [-0.15, -0.1) is 0 Å². The monoisotopic (exact) mass is 275 g/mol. The third-order valence-electron chi connectivity index (χ3n) is 4.02. The SMILES string of the molecule is Cc1nccc(N2CCCC2C(=O)N2CCNCC2)n1. The highest BCUT2D eigenvalue weighted by molar-refractivity contribution is 5.85. The molecule has 1 aromatic heterocycles. The van der Waals surface area contributed by atoms with Gasteiger partial charge in [0, 0.05) is 38.9 Å².